The zero-order valence-corrected chi connectivity index (χ0v) is 13.7. The molecule has 7 nitrogen and oxygen atoms in total. The molecule has 0 aliphatic carbocycles. The Balaban J connectivity index is 2.13. The molecule has 2 aromatic carbocycles. The number of benzene rings is 2. The topological polar surface area (TPSA) is 115 Å². The van der Waals surface area contributed by atoms with Crippen LogP contribution in [0.4, 0.5) is 10.1 Å². The Bertz CT molecular complexity index is 987. The fourth-order valence-electron chi connectivity index (χ4n) is 1.71. The monoisotopic (exact) mass is 358 g/mol. The van der Waals surface area contributed by atoms with Gasteiger partial charge in [-0.05, 0) is 42.5 Å². The van der Waals surface area contributed by atoms with Crippen molar-refractivity contribution in [2.24, 2.45) is 5.10 Å². The number of nitrogens with zero attached hydrogens (tertiary/aromatic N) is 3. The molecular formula is C16H11FN4O3S. The van der Waals surface area contributed by atoms with Gasteiger partial charge >= 0.3 is 0 Å². The Hall–Kier alpha value is -3.43. The number of nitrogens with one attached hydrogen (secondary N) is 1. The van der Waals surface area contributed by atoms with Crippen LogP contribution in [-0.4, -0.2) is 20.4 Å². The van der Waals surface area contributed by atoms with Gasteiger partial charge in [-0.25, -0.2) is 12.8 Å². The fraction of sp³-hybridized carbons (Fsp3) is 0.0625. The van der Waals surface area contributed by atoms with Crippen LogP contribution in [0.25, 0.3) is 0 Å². The van der Waals surface area contributed by atoms with Crippen LogP contribution in [-0.2, 0) is 9.84 Å². The van der Waals surface area contributed by atoms with E-state index in [0.29, 0.717) is 11.4 Å². The highest BCUT2D eigenvalue weighted by Crippen LogP contribution is 2.27. The van der Waals surface area contributed by atoms with E-state index in [9.17, 15) is 12.8 Å². The van der Waals surface area contributed by atoms with E-state index in [2.05, 4.69) is 10.5 Å². The van der Waals surface area contributed by atoms with Crippen molar-refractivity contribution in [1.29, 1.82) is 10.5 Å². The van der Waals surface area contributed by atoms with Gasteiger partial charge in [0.15, 0.2) is 21.4 Å². The number of ether oxygens (including phenoxy) is 1. The average Bonchev–Trinajstić information content (AvgIpc) is 2.58. The second-order valence-corrected chi connectivity index (χ2v) is 6.80. The van der Waals surface area contributed by atoms with E-state index < -0.39 is 15.7 Å². The van der Waals surface area contributed by atoms with E-state index in [1.54, 1.807) is 24.3 Å². The summed E-state index contributed by atoms with van der Waals surface area (Å²) in [5.74, 6) is -0.619. The Morgan fingerprint density at radius 3 is 2.32 bits per heavy atom. The van der Waals surface area contributed by atoms with Gasteiger partial charge in [-0.15, -0.1) is 0 Å². The number of hydrogen-bond donors (Lipinski definition) is 1. The molecule has 1 N–H and O–H groups in total. The lowest BCUT2D eigenvalue weighted by Gasteiger charge is -2.08. The highest BCUT2D eigenvalue weighted by Gasteiger charge is 2.12. The molecule has 2 aromatic rings. The lowest BCUT2D eigenvalue weighted by Crippen LogP contribution is -1.99. The number of halogens is 1. The molecule has 0 unspecified atom stereocenters. The average molecular weight is 358 g/mol. The van der Waals surface area contributed by atoms with E-state index in [-0.39, 0.29) is 16.4 Å². The Morgan fingerprint density at radius 1 is 1.16 bits per heavy atom. The van der Waals surface area contributed by atoms with Crippen LogP contribution in [0, 0.1) is 28.5 Å². The first kappa shape index (κ1) is 17.9. The van der Waals surface area contributed by atoms with E-state index in [1.807, 2.05) is 0 Å². The van der Waals surface area contributed by atoms with Gasteiger partial charge < -0.3 is 4.74 Å². The third kappa shape index (κ3) is 4.77. The summed E-state index contributed by atoms with van der Waals surface area (Å²) < 4.78 is 42.1. The van der Waals surface area contributed by atoms with Gasteiger partial charge in [0.05, 0.1) is 10.6 Å². The second kappa shape index (κ2) is 7.43. The molecule has 0 atom stereocenters. The zero-order chi connectivity index (χ0) is 18.4. The predicted octanol–water partition coefficient (Wildman–Crippen LogP) is 2.84. The highest BCUT2D eigenvalue weighted by molar-refractivity contribution is 7.90. The van der Waals surface area contributed by atoms with Crippen molar-refractivity contribution < 1.29 is 17.5 Å². The Labute approximate surface area is 143 Å². The quantitative estimate of drug-likeness (QED) is 0.649. The first-order valence-corrected chi connectivity index (χ1v) is 8.64. The molecule has 0 fully saturated rings. The molecule has 0 aliphatic heterocycles. The summed E-state index contributed by atoms with van der Waals surface area (Å²) in [7, 11) is -3.50. The van der Waals surface area contributed by atoms with Gasteiger partial charge in [-0.1, -0.05) is 0 Å². The minimum atomic E-state index is -3.50. The van der Waals surface area contributed by atoms with Crippen molar-refractivity contribution in [3.05, 3.63) is 48.3 Å². The normalized spacial score (nSPS) is 10.2. The summed E-state index contributed by atoms with van der Waals surface area (Å²) in [6.45, 7) is 0. The maximum Gasteiger partial charge on any atom is 0.237 e. The zero-order valence-electron chi connectivity index (χ0n) is 12.9. The molecule has 0 saturated carbocycles. The number of sulfone groups is 1. The molecule has 0 saturated heterocycles. The molecule has 2 rings (SSSR count). The van der Waals surface area contributed by atoms with Gasteiger partial charge in [0.1, 0.15) is 17.9 Å². The summed E-state index contributed by atoms with van der Waals surface area (Å²) in [6.07, 6.45) is 0.987. The maximum absolute atomic E-state index is 14.0. The van der Waals surface area contributed by atoms with Crippen molar-refractivity contribution in [2.45, 2.75) is 4.90 Å². The van der Waals surface area contributed by atoms with Gasteiger partial charge in [-0.2, -0.15) is 15.6 Å². The summed E-state index contributed by atoms with van der Waals surface area (Å²) in [6, 6.07) is 12.7. The predicted molar refractivity (Wildman–Crippen MR) is 88.3 cm³/mol. The SMILES string of the molecule is CS(=O)(=O)c1ccc(Oc2ccc(NN=C(C#N)C#N)cc2)c(F)c1. The third-order valence-corrected chi connectivity index (χ3v) is 4.03. The van der Waals surface area contributed by atoms with E-state index in [1.165, 1.54) is 24.3 Å². The minimum Gasteiger partial charge on any atom is -0.454 e. The van der Waals surface area contributed by atoms with Crippen LogP contribution in [0.2, 0.25) is 0 Å². The first-order chi connectivity index (χ1) is 11.8. The number of anilines is 1. The molecule has 0 bridgehead atoms. The van der Waals surface area contributed by atoms with Gasteiger partial charge in [0, 0.05) is 6.26 Å². The minimum absolute atomic E-state index is 0.123. The third-order valence-electron chi connectivity index (χ3n) is 2.92. The van der Waals surface area contributed by atoms with Crippen LogP contribution in [0.15, 0.2) is 52.5 Å². The molecule has 0 radical (unpaired) electrons. The van der Waals surface area contributed by atoms with Crippen molar-refractivity contribution in [3.8, 4) is 23.6 Å². The molecule has 25 heavy (non-hydrogen) atoms. The number of nitriles is 2. The highest BCUT2D eigenvalue weighted by atomic mass is 32.2. The standard InChI is InChI=1S/C16H11FN4O3S/c1-25(22,23)14-6-7-16(15(17)8-14)24-13-4-2-11(3-5-13)20-21-12(9-18)10-19/h2-8,20H,1H3. The smallest absolute Gasteiger partial charge is 0.237 e. The van der Waals surface area contributed by atoms with Gasteiger partial charge in [-0.3, -0.25) is 5.43 Å². The molecule has 0 aromatic heterocycles. The van der Waals surface area contributed by atoms with Crippen molar-refractivity contribution in [2.75, 3.05) is 11.7 Å². The number of hydrogen-bond acceptors (Lipinski definition) is 7. The maximum atomic E-state index is 14.0. The fourth-order valence-corrected chi connectivity index (χ4v) is 2.35. The Morgan fingerprint density at radius 2 is 1.80 bits per heavy atom. The van der Waals surface area contributed by atoms with Crippen LogP contribution in [0.1, 0.15) is 0 Å². The van der Waals surface area contributed by atoms with E-state index >= 15 is 0 Å². The molecule has 0 spiro atoms. The number of hydrazone groups is 1. The summed E-state index contributed by atoms with van der Waals surface area (Å²) in [5.41, 5.74) is 2.68. The summed E-state index contributed by atoms with van der Waals surface area (Å²) in [4.78, 5) is -0.138. The molecule has 9 heteroatoms. The van der Waals surface area contributed by atoms with Crippen LogP contribution >= 0.6 is 0 Å². The first-order valence-electron chi connectivity index (χ1n) is 6.75. The Kier molecular flexibility index (Phi) is 5.32. The van der Waals surface area contributed by atoms with Crippen molar-refractivity contribution in [1.82, 2.24) is 0 Å². The van der Waals surface area contributed by atoms with Crippen molar-refractivity contribution in [3.63, 3.8) is 0 Å². The second-order valence-electron chi connectivity index (χ2n) is 4.79. The number of rotatable bonds is 5. The molecule has 0 amide bonds. The largest absolute Gasteiger partial charge is 0.454 e. The lowest BCUT2D eigenvalue weighted by molar-refractivity contribution is 0.441. The summed E-state index contributed by atoms with van der Waals surface area (Å²) >= 11 is 0. The van der Waals surface area contributed by atoms with E-state index in [4.69, 9.17) is 15.3 Å². The van der Waals surface area contributed by atoms with Gasteiger partial charge in [0.25, 0.3) is 0 Å². The lowest BCUT2D eigenvalue weighted by atomic mass is 10.3. The molecule has 126 valence electrons. The van der Waals surface area contributed by atoms with Gasteiger partial charge in [0.2, 0.25) is 5.71 Å². The molecular weight excluding hydrogens is 347 g/mol. The van der Waals surface area contributed by atoms with Crippen molar-refractivity contribution >= 4 is 21.2 Å². The summed E-state index contributed by atoms with van der Waals surface area (Å²) in [5, 5.41) is 20.7. The van der Waals surface area contributed by atoms with Crippen LogP contribution < -0.4 is 10.2 Å². The van der Waals surface area contributed by atoms with Crippen LogP contribution in [0.3, 0.4) is 0 Å². The van der Waals surface area contributed by atoms with Crippen LogP contribution in [0.5, 0.6) is 11.5 Å². The van der Waals surface area contributed by atoms with E-state index in [0.717, 1.165) is 12.3 Å². The molecule has 0 aliphatic rings. The molecule has 0 heterocycles.